The Balaban J connectivity index is 3.06. The second kappa shape index (κ2) is 19.5. The Morgan fingerprint density at radius 1 is 0.714 bits per heavy atom. The van der Waals surface area contributed by atoms with E-state index >= 15 is 0 Å². The summed E-state index contributed by atoms with van der Waals surface area (Å²) >= 11 is 4.54. The highest BCUT2D eigenvalue weighted by molar-refractivity contribution is 7.78. The number of nitrogens with zero attached hydrogens (tertiary/aromatic N) is 1. The number of allylic oxidation sites excluding steroid dienone is 2. The zero-order valence-corrected chi connectivity index (χ0v) is 14.9. The number of isothiocyanates is 1. The fourth-order valence-corrected chi connectivity index (χ4v) is 2.58. The van der Waals surface area contributed by atoms with Crippen molar-refractivity contribution in [1.82, 2.24) is 0 Å². The minimum absolute atomic E-state index is 0.866. The van der Waals surface area contributed by atoms with Crippen LogP contribution >= 0.6 is 12.2 Å². The molecule has 21 heavy (non-hydrogen) atoms. The Kier molecular flexibility index (Phi) is 19.1. The third kappa shape index (κ3) is 19.5. The van der Waals surface area contributed by atoms with E-state index in [1.165, 1.54) is 89.9 Å². The molecule has 0 spiro atoms. The van der Waals surface area contributed by atoms with Crippen LogP contribution in [-0.2, 0) is 0 Å². The largest absolute Gasteiger partial charge is 0.233 e. The van der Waals surface area contributed by atoms with Gasteiger partial charge in [-0.25, -0.2) is 4.99 Å². The molecule has 0 saturated carbocycles. The van der Waals surface area contributed by atoms with Crippen molar-refractivity contribution in [2.75, 3.05) is 6.54 Å². The Labute approximate surface area is 138 Å². The lowest BCUT2D eigenvalue weighted by Gasteiger charge is -1.99. The average Bonchev–Trinajstić information content (AvgIpc) is 2.50. The summed E-state index contributed by atoms with van der Waals surface area (Å²) in [4.78, 5) is 3.93. The maximum Gasteiger partial charge on any atom is 0.0584 e. The SMILES string of the molecule is CCCCCCCCC=CCCCCCCCCN=C=S. The molecule has 0 aliphatic rings. The number of hydrogen-bond acceptors (Lipinski definition) is 2. The molecule has 0 rings (SSSR count). The second-order valence-electron chi connectivity index (χ2n) is 5.91. The van der Waals surface area contributed by atoms with Crippen molar-refractivity contribution in [2.45, 2.75) is 96.8 Å². The normalized spacial score (nSPS) is 10.9. The number of hydrogen-bond donors (Lipinski definition) is 0. The first-order chi connectivity index (χ1) is 10.4. The first kappa shape index (κ1) is 20.5. The maximum atomic E-state index is 4.54. The van der Waals surface area contributed by atoms with Gasteiger partial charge < -0.3 is 0 Å². The Bertz CT molecular complexity index is 267. The molecule has 0 aliphatic heterocycles. The molecule has 0 N–H and O–H groups in total. The zero-order chi connectivity index (χ0) is 15.4. The highest BCUT2D eigenvalue weighted by Gasteiger charge is 1.91. The van der Waals surface area contributed by atoms with Crippen molar-refractivity contribution in [1.29, 1.82) is 0 Å². The van der Waals surface area contributed by atoms with E-state index in [0.717, 1.165) is 6.54 Å². The van der Waals surface area contributed by atoms with Gasteiger partial charge in [-0.2, -0.15) is 0 Å². The molecular weight excluding hydrogens is 274 g/mol. The molecule has 0 bridgehead atoms. The monoisotopic (exact) mass is 309 g/mol. The molecule has 1 nitrogen and oxygen atoms in total. The van der Waals surface area contributed by atoms with Crippen LogP contribution in [0, 0.1) is 0 Å². The Morgan fingerprint density at radius 3 is 1.71 bits per heavy atom. The molecule has 0 aromatic carbocycles. The van der Waals surface area contributed by atoms with Crippen molar-refractivity contribution in [3.05, 3.63) is 12.2 Å². The zero-order valence-electron chi connectivity index (χ0n) is 14.1. The van der Waals surface area contributed by atoms with Gasteiger partial charge in [0.1, 0.15) is 0 Å². The van der Waals surface area contributed by atoms with E-state index in [1.807, 2.05) is 0 Å². The molecule has 0 radical (unpaired) electrons. The number of rotatable bonds is 16. The fourth-order valence-electron chi connectivity index (χ4n) is 2.48. The van der Waals surface area contributed by atoms with E-state index in [9.17, 15) is 0 Å². The highest BCUT2D eigenvalue weighted by atomic mass is 32.1. The summed E-state index contributed by atoms with van der Waals surface area (Å²) in [5.74, 6) is 0. The predicted molar refractivity (Wildman–Crippen MR) is 99.3 cm³/mol. The van der Waals surface area contributed by atoms with Gasteiger partial charge in [0.2, 0.25) is 0 Å². The minimum atomic E-state index is 0.866. The Hall–Kier alpha value is -0.460. The molecule has 0 atom stereocenters. The molecule has 0 amide bonds. The average molecular weight is 310 g/mol. The fraction of sp³-hybridized carbons (Fsp3) is 0.842. The van der Waals surface area contributed by atoms with Gasteiger partial charge >= 0.3 is 0 Å². The summed E-state index contributed by atoms with van der Waals surface area (Å²) < 4.78 is 0. The summed E-state index contributed by atoms with van der Waals surface area (Å²) in [5, 5.41) is 2.42. The van der Waals surface area contributed by atoms with Crippen molar-refractivity contribution in [3.8, 4) is 0 Å². The molecule has 2 heteroatoms. The van der Waals surface area contributed by atoms with E-state index in [2.05, 4.69) is 41.4 Å². The van der Waals surface area contributed by atoms with Gasteiger partial charge in [0.05, 0.1) is 5.16 Å². The smallest absolute Gasteiger partial charge is 0.0584 e. The van der Waals surface area contributed by atoms with Gasteiger partial charge in [0, 0.05) is 6.54 Å². The first-order valence-corrected chi connectivity index (χ1v) is 9.51. The number of aliphatic imine (C=N–C) groups is 1. The summed E-state index contributed by atoms with van der Waals surface area (Å²) in [6, 6.07) is 0. The van der Waals surface area contributed by atoms with Crippen LogP contribution in [0.4, 0.5) is 0 Å². The van der Waals surface area contributed by atoms with Crippen molar-refractivity contribution >= 4 is 17.4 Å². The van der Waals surface area contributed by atoms with E-state index < -0.39 is 0 Å². The molecule has 122 valence electrons. The van der Waals surface area contributed by atoms with Crippen LogP contribution in [0.15, 0.2) is 17.1 Å². The predicted octanol–water partition coefficient (Wildman–Crippen LogP) is 7.13. The number of unbranched alkanes of at least 4 members (excludes halogenated alkanes) is 12. The van der Waals surface area contributed by atoms with Crippen LogP contribution < -0.4 is 0 Å². The molecule has 0 aliphatic carbocycles. The lowest BCUT2D eigenvalue weighted by Crippen LogP contribution is -1.82. The van der Waals surface area contributed by atoms with Gasteiger partial charge in [-0.3, -0.25) is 0 Å². The summed E-state index contributed by atoms with van der Waals surface area (Å²) in [6.45, 7) is 3.14. The minimum Gasteiger partial charge on any atom is -0.233 e. The van der Waals surface area contributed by atoms with Gasteiger partial charge in [-0.1, -0.05) is 76.9 Å². The molecule has 0 unspecified atom stereocenters. The van der Waals surface area contributed by atoms with E-state index in [1.54, 1.807) is 0 Å². The highest BCUT2D eigenvalue weighted by Crippen LogP contribution is 2.09. The number of thiocarbonyl (C=S) groups is 1. The molecule has 0 fully saturated rings. The van der Waals surface area contributed by atoms with Crippen LogP contribution in [0.25, 0.3) is 0 Å². The molecule has 0 aromatic rings. The van der Waals surface area contributed by atoms with Crippen molar-refractivity contribution in [3.63, 3.8) is 0 Å². The quantitative estimate of drug-likeness (QED) is 0.128. The van der Waals surface area contributed by atoms with Crippen LogP contribution in [0.2, 0.25) is 0 Å². The Morgan fingerprint density at radius 2 is 1.19 bits per heavy atom. The second-order valence-corrected chi connectivity index (χ2v) is 6.09. The van der Waals surface area contributed by atoms with E-state index in [0.29, 0.717) is 0 Å². The third-order valence-corrected chi connectivity index (χ3v) is 3.98. The topological polar surface area (TPSA) is 12.4 Å². The van der Waals surface area contributed by atoms with Gasteiger partial charge in [-0.05, 0) is 44.3 Å². The first-order valence-electron chi connectivity index (χ1n) is 9.10. The lowest BCUT2D eigenvalue weighted by molar-refractivity contribution is 0.600. The van der Waals surface area contributed by atoms with Gasteiger partial charge in [-0.15, -0.1) is 0 Å². The van der Waals surface area contributed by atoms with E-state index in [4.69, 9.17) is 0 Å². The van der Waals surface area contributed by atoms with E-state index in [-0.39, 0.29) is 0 Å². The van der Waals surface area contributed by atoms with Crippen LogP contribution in [0.3, 0.4) is 0 Å². The van der Waals surface area contributed by atoms with Gasteiger partial charge in [0.25, 0.3) is 0 Å². The molecule has 0 aromatic heterocycles. The van der Waals surface area contributed by atoms with Crippen molar-refractivity contribution in [2.24, 2.45) is 4.99 Å². The lowest BCUT2D eigenvalue weighted by atomic mass is 10.1. The summed E-state index contributed by atoms with van der Waals surface area (Å²) in [7, 11) is 0. The van der Waals surface area contributed by atoms with Crippen LogP contribution in [0.5, 0.6) is 0 Å². The van der Waals surface area contributed by atoms with Crippen LogP contribution in [0.1, 0.15) is 96.8 Å². The molecule has 0 saturated heterocycles. The summed E-state index contributed by atoms with van der Waals surface area (Å²) in [5.41, 5.74) is 0. The van der Waals surface area contributed by atoms with Gasteiger partial charge in [0.15, 0.2) is 0 Å². The standard InChI is InChI=1S/C19H35NS/c1-2-3-4-5-6-7-8-9-10-11-12-13-14-15-16-17-18-20-19-21/h9-10H,2-8,11-18H2,1H3. The summed E-state index contributed by atoms with van der Waals surface area (Å²) in [6.07, 6.45) is 23.6. The molecular formula is C19H35NS. The van der Waals surface area contributed by atoms with Crippen molar-refractivity contribution < 1.29 is 0 Å². The third-order valence-electron chi connectivity index (χ3n) is 3.85. The molecule has 0 heterocycles. The maximum absolute atomic E-state index is 4.54. The van der Waals surface area contributed by atoms with Crippen LogP contribution in [-0.4, -0.2) is 11.7 Å².